The molecule has 0 aliphatic rings. The molecule has 1 aromatic heterocycles. The van der Waals surface area contributed by atoms with E-state index in [4.69, 9.17) is 22.7 Å². The molecule has 17 heavy (non-hydrogen) atoms. The predicted molar refractivity (Wildman–Crippen MR) is 78.7 cm³/mol. The zero-order valence-electron chi connectivity index (χ0n) is 8.85. The Hall–Kier alpha value is -0.910. The molecule has 0 saturated heterocycles. The van der Waals surface area contributed by atoms with Gasteiger partial charge in [0.25, 0.3) is 0 Å². The first kappa shape index (κ1) is 12.5. The van der Waals surface area contributed by atoms with Crippen LogP contribution in [0.25, 0.3) is 0 Å². The Balaban J connectivity index is 2.11. The van der Waals surface area contributed by atoms with Crippen LogP contribution in [0.3, 0.4) is 0 Å². The molecule has 2 rings (SSSR count). The van der Waals surface area contributed by atoms with E-state index in [0.29, 0.717) is 11.6 Å². The number of nitrogens with two attached hydrogens (primary N) is 1. The van der Waals surface area contributed by atoms with Gasteiger partial charge in [0.15, 0.2) is 0 Å². The molecule has 0 atom stereocenters. The summed E-state index contributed by atoms with van der Waals surface area (Å²) in [6.07, 6.45) is 0. The Morgan fingerprint density at radius 2 is 2.06 bits per heavy atom. The SMILES string of the molecule is NC(=S)c1ccccc1OCc1ccc(Br)s1. The van der Waals surface area contributed by atoms with Gasteiger partial charge in [-0.15, -0.1) is 11.3 Å². The number of rotatable bonds is 4. The molecule has 1 aromatic carbocycles. The van der Waals surface area contributed by atoms with Crippen LogP contribution in [0.15, 0.2) is 40.2 Å². The highest BCUT2D eigenvalue weighted by Gasteiger charge is 2.06. The number of thiocarbonyl (C=S) groups is 1. The number of para-hydroxylation sites is 1. The second kappa shape index (κ2) is 5.62. The number of hydrogen-bond donors (Lipinski definition) is 1. The van der Waals surface area contributed by atoms with Gasteiger partial charge in [0, 0.05) is 4.88 Å². The average molecular weight is 328 g/mol. The van der Waals surface area contributed by atoms with Crippen molar-refractivity contribution in [2.75, 3.05) is 0 Å². The summed E-state index contributed by atoms with van der Waals surface area (Å²) in [7, 11) is 0. The summed E-state index contributed by atoms with van der Waals surface area (Å²) in [5, 5.41) is 0. The number of halogens is 1. The van der Waals surface area contributed by atoms with Crippen molar-refractivity contribution in [2.45, 2.75) is 6.61 Å². The van der Waals surface area contributed by atoms with E-state index in [2.05, 4.69) is 15.9 Å². The van der Waals surface area contributed by atoms with E-state index in [1.165, 1.54) is 0 Å². The third kappa shape index (κ3) is 3.28. The van der Waals surface area contributed by atoms with Crippen molar-refractivity contribution >= 4 is 44.5 Å². The number of ether oxygens (including phenoxy) is 1. The highest BCUT2D eigenvalue weighted by Crippen LogP contribution is 2.24. The van der Waals surface area contributed by atoms with Crippen LogP contribution >= 0.6 is 39.5 Å². The molecule has 0 fully saturated rings. The highest BCUT2D eigenvalue weighted by atomic mass is 79.9. The number of thiophene rings is 1. The minimum Gasteiger partial charge on any atom is -0.487 e. The van der Waals surface area contributed by atoms with Crippen LogP contribution in [0, 0.1) is 0 Å². The lowest BCUT2D eigenvalue weighted by Crippen LogP contribution is -2.11. The van der Waals surface area contributed by atoms with Crippen molar-refractivity contribution in [3.8, 4) is 5.75 Å². The first-order chi connectivity index (χ1) is 8.16. The monoisotopic (exact) mass is 327 g/mol. The lowest BCUT2D eigenvalue weighted by atomic mass is 10.2. The Morgan fingerprint density at radius 1 is 1.29 bits per heavy atom. The summed E-state index contributed by atoms with van der Waals surface area (Å²) >= 11 is 10.0. The van der Waals surface area contributed by atoms with Crippen LogP contribution in [0.1, 0.15) is 10.4 Å². The minimum atomic E-state index is 0.355. The molecular weight excluding hydrogens is 318 g/mol. The number of benzene rings is 1. The molecular formula is C12H10BrNOS2. The smallest absolute Gasteiger partial charge is 0.130 e. The van der Waals surface area contributed by atoms with Crippen LogP contribution in [-0.4, -0.2) is 4.99 Å². The normalized spacial score (nSPS) is 10.2. The van der Waals surface area contributed by atoms with Gasteiger partial charge in [-0.25, -0.2) is 0 Å². The van der Waals surface area contributed by atoms with Crippen LogP contribution in [-0.2, 0) is 6.61 Å². The maximum atomic E-state index is 5.72. The van der Waals surface area contributed by atoms with Crippen molar-refractivity contribution < 1.29 is 4.74 Å². The van der Waals surface area contributed by atoms with E-state index in [1.807, 2.05) is 36.4 Å². The first-order valence-corrected chi connectivity index (χ1v) is 6.94. The fourth-order valence-electron chi connectivity index (χ4n) is 1.37. The zero-order valence-corrected chi connectivity index (χ0v) is 12.1. The Labute approximate surface area is 118 Å². The third-order valence-electron chi connectivity index (χ3n) is 2.15. The van der Waals surface area contributed by atoms with Gasteiger partial charge >= 0.3 is 0 Å². The van der Waals surface area contributed by atoms with Crippen LogP contribution < -0.4 is 10.5 Å². The molecule has 0 aliphatic carbocycles. The van der Waals surface area contributed by atoms with Gasteiger partial charge in [-0.05, 0) is 40.2 Å². The van der Waals surface area contributed by atoms with E-state index in [0.717, 1.165) is 20.0 Å². The predicted octanol–water partition coefficient (Wildman–Crippen LogP) is 3.72. The summed E-state index contributed by atoms with van der Waals surface area (Å²) in [6, 6.07) is 11.6. The topological polar surface area (TPSA) is 35.2 Å². The molecule has 88 valence electrons. The fourth-order valence-corrected chi connectivity index (χ4v) is 2.94. The van der Waals surface area contributed by atoms with Gasteiger partial charge in [-0.2, -0.15) is 0 Å². The minimum absolute atomic E-state index is 0.355. The lowest BCUT2D eigenvalue weighted by Gasteiger charge is -2.09. The Kier molecular flexibility index (Phi) is 4.15. The van der Waals surface area contributed by atoms with Crippen LogP contribution in [0.2, 0.25) is 0 Å². The van der Waals surface area contributed by atoms with E-state index in [-0.39, 0.29) is 0 Å². The van der Waals surface area contributed by atoms with Gasteiger partial charge in [0.05, 0.1) is 9.35 Å². The van der Waals surface area contributed by atoms with Gasteiger partial charge in [0.1, 0.15) is 17.3 Å². The molecule has 2 aromatic rings. The van der Waals surface area contributed by atoms with Crippen LogP contribution in [0.5, 0.6) is 5.75 Å². The second-order valence-corrected chi connectivity index (χ2v) is 6.34. The molecule has 2 N–H and O–H groups in total. The number of hydrogen-bond acceptors (Lipinski definition) is 3. The summed E-state index contributed by atoms with van der Waals surface area (Å²) in [5.41, 5.74) is 6.41. The van der Waals surface area contributed by atoms with Crippen molar-refractivity contribution in [1.82, 2.24) is 0 Å². The molecule has 0 spiro atoms. The molecule has 0 saturated carbocycles. The van der Waals surface area contributed by atoms with Crippen molar-refractivity contribution in [1.29, 1.82) is 0 Å². The quantitative estimate of drug-likeness (QED) is 0.869. The Morgan fingerprint density at radius 3 is 2.71 bits per heavy atom. The van der Waals surface area contributed by atoms with E-state index >= 15 is 0 Å². The molecule has 0 aliphatic heterocycles. The summed E-state index contributed by atoms with van der Waals surface area (Å²) in [6.45, 7) is 0.524. The summed E-state index contributed by atoms with van der Waals surface area (Å²) < 4.78 is 6.82. The van der Waals surface area contributed by atoms with Gasteiger partial charge in [-0.1, -0.05) is 24.4 Å². The highest BCUT2D eigenvalue weighted by molar-refractivity contribution is 9.11. The zero-order chi connectivity index (χ0) is 12.3. The average Bonchev–Trinajstić information content (AvgIpc) is 2.73. The molecule has 0 amide bonds. The molecule has 5 heteroatoms. The largest absolute Gasteiger partial charge is 0.487 e. The van der Waals surface area contributed by atoms with Crippen molar-refractivity contribution in [2.24, 2.45) is 5.73 Å². The third-order valence-corrected chi connectivity index (χ3v) is 3.97. The molecule has 0 radical (unpaired) electrons. The standard InChI is InChI=1S/C12H10BrNOS2/c13-11-6-5-8(17-11)7-15-10-4-2-1-3-9(10)12(14)16/h1-6H,7H2,(H2,14,16). The second-order valence-electron chi connectivity index (χ2n) is 3.35. The Bertz CT molecular complexity index is 539. The summed E-state index contributed by atoms with van der Waals surface area (Å²) in [4.78, 5) is 1.50. The van der Waals surface area contributed by atoms with E-state index < -0.39 is 0 Å². The fraction of sp³-hybridized carbons (Fsp3) is 0.0833. The first-order valence-electron chi connectivity index (χ1n) is 4.92. The lowest BCUT2D eigenvalue weighted by molar-refractivity contribution is 0.309. The van der Waals surface area contributed by atoms with Crippen LogP contribution in [0.4, 0.5) is 0 Å². The maximum Gasteiger partial charge on any atom is 0.130 e. The molecule has 0 unspecified atom stereocenters. The van der Waals surface area contributed by atoms with E-state index in [1.54, 1.807) is 11.3 Å². The van der Waals surface area contributed by atoms with Gasteiger partial charge in [0.2, 0.25) is 0 Å². The molecule has 2 nitrogen and oxygen atoms in total. The molecule has 0 bridgehead atoms. The molecule has 1 heterocycles. The van der Waals surface area contributed by atoms with Gasteiger partial charge < -0.3 is 10.5 Å². The van der Waals surface area contributed by atoms with Crippen molar-refractivity contribution in [3.63, 3.8) is 0 Å². The maximum absolute atomic E-state index is 5.72. The van der Waals surface area contributed by atoms with Crippen molar-refractivity contribution in [3.05, 3.63) is 50.6 Å². The van der Waals surface area contributed by atoms with Gasteiger partial charge in [-0.3, -0.25) is 0 Å². The van der Waals surface area contributed by atoms with E-state index in [9.17, 15) is 0 Å². The summed E-state index contributed by atoms with van der Waals surface area (Å²) in [5.74, 6) is 0.726.